The van der Waals surface area contributed by atoms with Crippen LogP contribution in [-0.2, 0) is 4.79 Å². The highest BCUT2D eigenvalue weighted by Gasteiger charge is 2.28. The number of amides is 2. The second-order valence-electron chi connectivity index (χ2n) is 6.02. The standard InChI is InChI=1S/C19H18Cl2N2O2/c20-15-6-2-1-5-14(15)19(25)23-11-9-13(10-12-23)18(24)22-17-8-4-3-7-16(17)21/h1-8,13H,9-12H2,(H,22,24). The Morgan fingerprint density at radius 1 is 0.920 bits per heavy atom. The van der Waals surface area contributed by atoms with Crippen molar-refractivity contribution in [2.45, 2.75) is 12.8 Å². The van der Waals surface area contributed by atoms with E-state index in [0.29, 0.717) is 47.2 Å². The summed E-state index contributed by atoms with van der Waals surface area (Å²) in [4.78, 5) is 26.7. The van der Waals surface area contributed by atoms with E-state index in [1.165, 1.54) is 0 Å². The monoisotopic (exact) mass is 376 g/mol. The third kappa shape index (κ3) is 4.14. The maximum atomic E-state index is 12.6. The lowest BCUT2D eigenvalue weighted by molar-refractivity contribution is -0.121. The summed E-state index contributed by atoms with van der Waals surface area (Å²) in [6, 6.07) is 14.2. The van der Waals surface area contributed by atoms with Gasteiger partial charge < -0.3 is 10.2 Å². The Morgan fingerprint density at radius 2 is 1.52 bits per heavy atom. The molecule has 4 nitrogen and oxygen atoms in total. The maximum Gasteiger partial charge on any atom is 0.255 e. The highest BCUT2D eigenvalue weighted by molar-refractivity contribution is 6.34. The number of piperidine rings is 1. The van der Waals surface area contributed by atoms with E-state index in [9.17, 15) is 9.59 Å². The first-order chi connectivity index (χ1) is 12.1. The number of rotatable bonds is 3. The third-order valence-corrected chi connectivity index (χ3v) is 5.05. The number of carbonyl (C=O) groups excluding carboxylic acids is 2. The van der Waals surface area contributed by atoms with Gasteiger partial charge in [-0.3, -0.25) is 9.59 Å². The van der Waals surface area contributed by atoms with Gasteiger partial charge in [-0.1, -0.05) is 47.5 Å². The van der Waals surface area contributed by atoms with Gasteiger partial charge in [0.25, 0.3) is 5.91 Å². The van der Waals surface area contributed by atoms with Crippen molar-refractivity contribution in [1.82, 2.24) is 4.90 Å². The number of halogens is 2. The molecule has 0 spiro atoms. The van der Waals surface area contributed by atoms with Crippen molar-refractivity contribution in [2.24, 2.45) is 5.92 Å². The summed E-state index contributed by atoms with van der Waals surface area (Å²) < 4.78 is 0. The van der Waals surface area contributed by atoms with Crippen LogP contribution < -0.4 is 5.32 Å². The van der Waals surface area contributed by atoms with Gasteiger partial charge in [-0.15, -0.1) is 0 Å². The second kappa shape index (κ2) is 7.89. The summed E-state index contributed by atoms with van der Waals surface area (Å²) in [7, 11) is 0. The molecule has 2 aromatic rings. The Labute approximate surface area is 156 Å². The van der Waals surface area contributed by atoms with Gasteiger partial charge in [-0.2, -0.15) is 0 Å². The zero-order chi connectivity index (χ0) is 17.8. The van der Waals surface area contributed by atoms with Gasteiger partial charge in [0.2, 0.25) is 5.91 Å². The summed E-state index contributed by atoms with van der Waals surface area (Å²) in [5.41, 5.74) is 1.12. The van der Waals surface area contributed by atoms with Crippen LogP contribution in [0.25, 0.3) is 0 Å². The predicted octanol–water partition coefficient (Wildman–Crippen LogP) is 4.48. The van der Waals surface area contributed by atoms with Crippen LogP contribution >= 0.6 is 23.2 Å². The molecule has 2 amide bonds. The first-order valence-electron chi connectivity index (χ1n) is 8.15. The zero-order valence-electron chi connectivity index (χ0n) is 13.5. The van der Waals surface area contributed by atoms with Gasteiger partial charge in [0.15, 0.2) is 0 Å². The Bertz CT molecular complexity index is 786. The number of hydrogen-bond acceptors (Lipinski definition) is 2. The third-order valence-electron chi connectivity index (χ3n) is 4.39. The molecule has 1 N–H and O–H groups in total. The van der Waals surface area contributed by atoms with Crippen LogP contribution in [0.1, 0.15) is 23.2 Å². The molecule has 25 heavy (non-hydrogen) atoms. The predicted molar refractivity (Wildman–Crippen MR) is 100 cm³/mol. The van der Waals surface area contributed by atoms with Crippen molar-refractivity contribution in [1.29, 1.82) is 0 Å². The van der Waals surface area contributed by atoms with Crippen molar-refractivity contribution < 1.29 is 9.59 Å². The lowest BCUT2D eigenvalue weighted by Crippen LogP contribution is -2.41. The minimum atomic E-state index is -0.133. The molecule has 1 saturated heterocycles. The van der Waals surface area contributed by atoms with E-state index in [1.807, 2.05) is 12.1 Å². The number of anilines is 1. The van der Waals surface area contributed by atoms with Crippen LogP contribution in [0.5, 0.6) is 0 Å². The molecule has 1 heterocycles. The van der Waals surface area contributed by atoms with Crippen molar-refractivity contribution in [2.75, 3.05) is 18.4 Å². The minimum Gasteiger partial charge on any atom is -0.339 e. The van der Waals surface area contributed by atoms with Gasteiger partial charge in [0.05, 0.1) is 21.3 Å². The number of nitrogens with one attached hydrogen (secondary N) is 1. The van der Waals surface area contributed by atoms with E-state index >= 15 is 0 Å². The topological polar surface area (TPSA) is 49.4 Å². The van der Waals surface area contributed by atoms with E-state index in [1.54, 1.807) is 41.3 Å². The summed E-state index contributed by atoms with van der Waals surface area (Å²) >= 11 is 12.2. The Balaban J connectivity index is 1.58. The van der Waals surface area contributed by atoms with E-state index in [2.05, 4.69) is 5.32 Å². The van der Waals surface area contributed by atoms with Gasteiger partial charge in [0, 0.05) is 19.0 Å². The summed E-state index contributed by atoms with van der Waals surface area (Å²) in [6.07, 6.45) is 1.24. The first-order valence-corrected chi connectivity index (χ1v) is 8.91. The summed E-state index contributed by atoms with van der Waals surface area (Å²) in [6.45, 7) is 1.06. The SMILES string of the molecule is O=C(Nc1ccccc1Cl)C1CCN(C(=O)c2ccccc2Cl)CC1. The van der Waals surface area contributed by atoms with Crippen molar-refractivity contribution >= 4 is 40.7 Å². The lowest BCUT2D eigenvalue weighted by Gasteiger charge is -2.31. The molecule has 0 radical (unpaired) electrons. The quantitative estimate of drug-likeness (QED) is 0.857. The van der Waals surface area contributed by atoms with Gasteiger partial charge >= 0.3 is 0 Å². The molecule has 1 fully saturated rings. The lowest BCUT2D eigenvalue weighted by atomic mass is 9.95. The molecular weight excluding hydrogens is 359 g/mol. The number of hydrogen-bond donors (Lipinski definition) is 1. The van der Waals surface area contributed by atoms with Crippen LogP contribution in [0, 0.1) is 5.92 Å². The molecule has 0 aliphatic carbocycles. The van der Waals surface area contributed by atoms with E-state index in [4.69, 9.17) is 23.2 Å². The second-order valence-corrected chi connectivity index (χ2v) is 6.83. The average molecular weight is 377 g/mol. The zero-order valence-corrected chi connectivity index (χ0v) is 15.1. The number of nitrogens with zero attached hydrogens (tertiary/aromatic N) is 1. The van der Waals surface area contributed by atoms with Crippen molar-refractivity contribution in [3.8, 4) is 0 Å². The summed E-state index contributed by atoms with van der Waals surface area (Å²) in [5.74, 6) is -0.278. The highest BCUT2D eigenvalue weighted by atomic mass is 35.5. The van der Waals surface area contributed by atoms with Crippen LogP contribution in [0.2, 0.25) is 10.0 Å². The first kappa shape index (κ1) is 17.8. The number of carbonyl (C=O) groups is 2. The molecule has 1 aliphatic heterocycles. The van der Waals surface area contributed by atoms with Gasteiger partial charge in [-0.05, 0) is 37.1 Å². The minimum absolute atomic E-state index is 0.0575. The number of benzene rings is 2. The molecule has 0 atom stereocenters. The molecule has 0 saturated carbocycles. The number of likely N-dealkylation sites (tertiary alicyclic amines) is 1. The molecule has 6 heteroatoms. The average Bonchev–Trinajstić information content (AvgIpc) is 2.63. The Morgan fingerprint density at radius 3 is 2.16 bits per heavy atom. The van der Waals surface area contributed by atoms with Gasteiger partial charge in [-0.25, -0.2) is 0 Å². The molecule has 0 aromatic heterocycles. The van der Waals surface area contributed by atoms with Crippen LogP contribution in [-0.4, -0.2) is 29.8 Å². The molecule has 0 unspecified atom stereocenters. The normalized spacial score (nSPS) is 15.0. The van der Waals surface area contributed by atoms with E-state index < -0.39 is 0 Å². The fourth-order valence-corrected chi connectivity index (χ4v) is 3.35. The van der Waals surface area contributed by atoms with Crippen LogP contribution in [0.15, 0.2) is 48.5 Å². The molecule has 0 bridgehead atoms. The molecule has 130 valence electrons. The summed E-state index contributed by atoms with van der Waals surface area (Å²) in [5, 5.41) is 3.84. The van der Waals surface area contributed by atoms with Crippen molar-refractivity contribution in [3.63, 3.8) is 0 Å². The van der Waals surface area contributed by atoms with Crippen molar-refractivity contribution in [3.05, 3.63) is 64.1 Å². The van der Waals surface area contributed by atoms with Crippen LogP contribution in [0.3, 0.4) is 0 Å². The molecule has 3 rings (SSSR count). The largest absolute Gasteiger partial charge is 0.339 e. The molecular formula is C19H18Cl2N2O2. The van der Waals surface area contributed by atoms with E-state index in [-0.39, 0.29) is 17.7 Å². The highest BCUT2D eigenvalue weighted by Crippen LogP contribution is 2.25. The molecule has 2 aromatic carbocycles. The smallest absolute Gasteiger partial charge is 0.255 e. The Hall–Kier alpha value is -2.04. The number of para-hydroxylation sites is 1. The fourth-order valence-electron chi connectivity index (χ4n) is 2.95. The van der Waals surface area contributed by atoms with E-state index in [0.717, 1.165) is 0 Å². The van der Waals surface area contributed by atoms with Gasteiger partial charge in [0.1, 0.15) is 0 Å². The Kier molecular flexibility index (Phi) is 5.61. The fraction of sp³-hybridized carbons (Fsp3) is 0.263. The van der Waals surface area contributed by atoms with Crippen LogP contribution in [0.4, 0.5) is 5.69 Å². The maximum absolute atomic E-state index is 12.6. The molecule has 1 aliphatic rings.